The van der Waals surface area contributed by atoms with Gasteiger partial charge in [-0.2, -0.15) is 5.10 Å². The second-order valence-electron chi connectivity index (χ2n) is 6.79. The molecule has 6 nitrogen and oxygen atoms in total. The maximum absolute atomic E-state index is 11.9. The first-order valence-electron chi connectivity index (χ1n) is 9.12. The lowest BCUT2D eigenvalue weighted by atomic mass is 9.97. The summed E-state index contributed by atoms with van der Waals surface area (Å²) in [6.45, 7) is 8.69. The highest BCUT2D eigenvalue weighted by atomic mass is 32.1. The maximum Gasteiger partial charge on any atom is 0.309 e. The van der Waals surface area contributed by atoms with E-state index in [0.29, 0.717) is 18.0 Å². The van der Waals surface area contributed by atoms with Gasteiger partial charge in [-0.05, 0) is 63.5 Å². The summed E-state index contributed by atoms with van der Waals surface area (Å²) in [5, 5.41) is 4.64. The van der Waals surface area contributed by atoms with E-state index in [9.17, 15) is 4.79 Å². The van der Waals surface area contributed by atoms with Gasteiger partial charge in [-0.3, -0.25) is 14.3 Å². The molecule has 0 saturated carbocycles. The predicted molar refractivity (Wildman–Crippen MR) is 103 cm³/mol. The summed E-state index contributed by atoms with van der Waals surface area (Å²) in [5.41, 5.74) is 2.23. The molecule has 1 aromatic heterocycles. The van der Waals surface area contributed by atoms with Crippen LogP contribution in [0.5, 0.6) is 0 Å². The molecule has 0 unspecified atom stereocenters. The molecule has 1 fully saturated rings. The number of aromatic nitrogens is 3. The van der Waals surface area contributed by atoms with Crippen LogP contribution in [0.1, 0.15) is 31.2 Å². The van der Waals surface area contributed by atoms with E-state index in [2.05, 4.69) is 29.1 Å². The fourth-order valence-corrected chi connectivity index (χ4v) is 3.77. The van der Waals surface area contributed by atoms with Crippen molar-refractivity contribution in [1.29, 1.82) is 0 Å². The van der Waals surface area contributed by atoms with Crippen molar-refractivity contribution in [2.75, 3.05) is 19.7 Å². The molecule has 0 spiro atoms. The molecule has 1 aromatic carbocycles. The minimum absolute atomic E-state index is 0.0192. The first kappa shape index (κ1) is 18.8. The summed E-state index contributed by atoms with van der Waals surface area (Å²) >= 11 is 5.67. The third-order valence-corrected chi connectivity index (χ3v) is 5.20. The number of carbonyl (C=O) groups is 1. The number of nitrogens with zero attached hydrogens (tertiary/aromatic N) is 4. The Kier molecular flexibility index (Phi) is 5.88. The van der Waals surface area contributed by atoms with Crippen molar-refractivity contribution < 1.29 is 9.53 Å². The van der Waals surface area contributed by atoms with Gasteiger partial charge in [-0.15, -0.1) is 0 Å². The van der Waals surface area contributed by atoms with Crippen LogP contribution in [-0.4, -0.2) is 44.9 Å². The minimum Gasteiger partial charge on any atom is -0.466 e. The van der Waals surface area contributed by atoms with Crippen LogP contribution in [-0.2, 0) is 16.2 Å². The smallest absolute Gasteiger partial charge is 0.309 e. The van der Waals surface area contributed by atoms with Gasteiger partial charge >= 0.3 is 5.97 Å². The molecule has 7 heteroatoms. The van der Waals surface area contributed by atoms with Crippen molar-refractivity contribution in [1.82, 2.24) is 19.2 Å². The Labute approximate surface area is 159 Å². The molecule has 0 bridgehead atoms. The van der Waals surface area contributed by atoms with Crippen LogP contribution in [0.4, 0.5) is 0 Å². The van der Waals surface area contributed by atoms with Crippen molar-refractivity contribution in [3.05, 3.63) is 40.4 Å². The molecule has 1 saturated heterocycles. The molecule has 1 aliphatic heterocycles. The van der Waals surface area contributed by atoms with Gasteiger partial charge in [0.1, 0.15) is 5.82 Å². The molecule has 1 aliphatic rings. The second-order valence-corrected chi connectivity index (χ2v) is 7.15. The lowest BCUT2D eigenvalue weighted by Crippen LogP contribution is -2.38. The molecule has 2 heterocycles. The quantitative estimate of drug-likeness (QED) is 0.594. The number of ether oxygens (including phenoxy) is 1. The zero-order chi connectivity index (χ0) is 18.7. The van der Waals surface area contributed by atoms with Gasteiger partial charge in [-0.25, -0.2) is 4.68 Å². The maximum atomic E-state index is 11.9. The largest absolute Gasteiger partial charge is 0.466 e. The Morgan fingerprint density at radius 3 is 2.69 bits per heavy atom. The van der Waals surface area contributed by atoms with Gasteiger partial charge in [0, 0.05) is 18.8 Å². The van der Waals surface area contributed by atoms with Crippen LogP contribution in [0, 0.1) is 24.5 Å². The molecule has 3 rings (SSSR count). The number of carbonyl (C=O) groups excluding carboxylic acids is 1. The zero-order valence-electron chi connectivity index (χ0n) is 15.6. The van der Waals surface area contributed by atoms with E-state index in [1.54, 1.807) is 0 Å². The molecule has 0 amide bonds. The van der Waals surface area contributed by atoms with Gasteiger partial charge in [-0.1, -0.05) is 12.1 Å². The number of benzene rings is 1. The summed E-state index contributed by atoms with van der Waals surface area (Å²) < 4.78 is 9.71. The van der Waals surface area contributed by atoms with E-state index in [1.807, 2.05) is 35.2 Å². The van der Waals surface area contributed by atoms with Crippen molar-refractivity contribution in [2.24, 2.45) is 5.92 Å². The fourth-order valence-electron chi connectivity index (χ4n) is 3.43. The van der Waals surface area contributed by atoms with Crippen LogP contribution in [0.25, 0.3) is 5.69 Å². The monoisotopic (exact) mass is 374 g/mol. The van der Waals surface area contributed by atoms with Gasteiger partial charge in [0.15, 0.2) is 0 Å². The van der Waals surface area contributed by atoms with E-state index >= 15 is 0 Å². The number of rotatable bonds is 5. The first-order valence-corrected chi connectivity index (χ1v) is 9.53. The van der Waals surface area contributed by atoms with Crippen molar-refractivity contribution in [3.8, 4) is 5.69 Å². The summed E-state index contributed by atoms with van der Waals surface area (Å²) in [6, 6.07) is 8.26. The van der Waals surface area contributed by atoms with E-state index in [-0.39, 0.29) is 11.9 Å². The summed E-state index contributed by atoms with van der Waals surface area (Å²) in [4.78, 5) is 14.2. The first-order chi connectivity index (χ1) is 12.5. The molecule has 0 atom stereocenters. The van der Waals surface area contributed by atoms with Crippen LogP contribution >= 0.6 is 12.2 Å². The highest BCUT2D eigenvalue weighted by Gasteiger charge is 2.26. The van der Waals surface area contributed by atoms with Crippen molar-refractivity contribution >= 4 is 18.2 Å². The summed E-state index contributed by atoms with van der Waals surface area (Å²) in [7, 11) is 0. The van der Waals surface area contributed by atoms with Gasteiger partial charge in [0.2, 0.25) is 4.77 Å². The van der Waals surface area contributed by atoms with Crippen molar-refractivity contribution in [2.45, 2.75) is 40.3 Å². The summed E-state index contributed by atoms with van der Waals surface area (Å²) in [6.07, 6.45) is 1.65. The van der Waals surface area contributed by atoms with Crippen molar-refractivity contribution in [3.63, 3.8) is 0 Å². The van der Waals surface area contributed by atoms with E-state index in [1.165, 1.54) is 5.56 Å². The average Bonchev–Trinajstić information content (AvgIpc) is 2.89. The number of piperidine rings is 1. The predicted octanol–water partition coefficient (Wildman–Crippen LogP) is 3.25. The number of esters is 1. The number of hydrogen-bond donors (Lipinski definition) is 0. The lowest BCUT2D eigenvalue weighted by molar-refractivity contribution is -0.149. The Morgan fingerprint density at radius 2 is 2.04 bits per heavy atom. The Hall–Kier alpha value is -1.99. The third-order valence-electron chi connectivity index (χ3n) is 4.80. The average molecular weight is 375 g/mol. The van der Waals surface area contributed by atoms with Crippen LogP contribution in [0.15, 0.2) is 24.3 Å². The molecule has 0 N–H and O–H groups in total. The van der Waals surface area contributed by atoms with Crippen LogP contribution in [0.3, 0.4) is 0 Å². The molecule has 140 valence electrons. The molecular formula is C19H26N4O2S. The number of hydrogen-bond acceptors (Lipinski definition) is 5. The lowest BCUT2D eigenvalue weighted by Gasteiger charge is -2.30. The zero-order valence-corrected chi connectivity index (χ0v) is 16.5. The fraction of sp³-hybridized carbons (Fsp3) is 0.526. The minimum atomic E-state index is -0.0664. The highest BCUT2D eigenvalue weighted by molar-refractivity contribution is 7.71. The van der Waals surface area contributed by atoms with E-state index < -0.39 is 0 Å². The van der Waals surface area contributed by atoms with Gasteiger partial charge in [0.05, 0.1) is 19.2 Å². The number of likely N-dealkylation sites (tertiary alicyclic amines) is 1. The van der Waals surface area contributed by atoms with Gasteiger partial charge in [0.25, 0.3) is 0 Å². The van der Waals surface area contributed by atoms with Crippen LogP contribution in [0.2, 0.25) is 0 Å². The van der Waals surface area contributed by atoms with Gasteiger partial charge < -0.3 is 4.74 Å². The van der Waals surface area contributed by atoms with E-state index in [0.717, 1.165) is 37.4 Å². The van der Waals surface area contributed by atoms with Crippen LogP contribution < -0.4 is 0 Å². The molecule has 26 heavy (non-hydrogen) atoms. The van der Waals surface area contributed by atoms with E-state index in [4.69, 9.17) is 17.0 Å². The normalized spacial score (nSPS) is 16.0. The third kappa shape index (κ3) is 4.04. The molecule has 0 aliphatic carbocycles. The summed E-state index contributed by atoms with van der Waals surface area (Å²) in [5.74, 6) is 0.830. The molecule has 0 radical (unpaired) electrons. The Balaban J connectivity index is 1.70. The highest BCUT2D eigenvalue weighted by Crippen LogP contribution is 2.20. The number of aryl methyl sites for hydroxylation is 2. The topological polar surface area (TPSA) is 52.3 Å². The second kappa shape index (κ2) is 8.14. The Bertz CT molecular complexity index is 834. The molecule has 2 aromatic rings. The molecular weight excluding hydrogens is 348 g/mol. The SMILES string of the molecule is CCOC(=O)C1CCN(Cn2nc(C)n(-c3cccc(C)c3)c2=S)CC1. The Morgan fingerprint density at radius 1 is 1.31 bits per heavy atom. The standard InChI is InChI=1S/C19H26N4O2S/c1-4-25-18(24)16-8-10-21(11-9-16)13-22-19(26)23(15(3)20-22)17-7-5-6-14(2)12-17/h5-7,12,16H,4,8-11,13H2,1-3H3.